The Labute approximate surface area is 139 Å². The minimum Gasteiger partial charge on any atom is -0.491 e. The molecule has 0 aliphatic carbocycles. The highest BCUT2D eigenvalue weighted by Crippen LogP contribution is 2.19. The molecule has 1 unspecified atom stereocenters. The Morgan fingerprint density at radius 1 is 1.04 bits per heavy atom. The van der Waals surface area contributed by atoms with Gasteiger partial charge in [-0.15, -0.1) is 0 Å². The predicted octanol–water partition coefficient (Wildman–Crippen LogP) is 4.97. The second-order valence-corrected chi connectivity index (χ2v) is 5.91. The molecule has 124 valence electrons. The van der Waals surface area contributed by atoms with Crippen LogP contribution in [0.2, 0.25) is 0 Å². The van der Waals surface area contributed by atoms with E-state index in [0.717, 1.165) is 30.2 Å². The average Bonchev–Trinajstić information content (AvgIpc) is 2.54. The second-order valence-electron chi connectivity index (χ2n) is 5.91. The molecule has 0 saturated heterocycles. The first-order chi connectivity index (χ1) is 11.1. The summed E-state index contributed by atoms with van der Waals surface area (Å²) in [6.07, 6.45) is 1.26. The zero-order valence-electron chi connectivity index (χ0n) is 14.6. The van der Waals surface area contributed by atoms with Gasteiger partial charge in [-0.3, -0.25) is 0 Å². The number of hydrogen-bond acceptors (Lipinski definition) is 3. The monoisotopic (exact) mass is 313 g/mol. The Kier molecular flexibility index (Phi) is 6.33. The van der Waals surface area contributed by atoms with E-state index in [2.05, 4.69) is 45.1 Å². The molecule has 1 N–H and O–H groups in total. The third kappa shape index (κ3) is 5.51. The maximum Gasteiger partial charge on any atom is 0.122 e. The number of nitrogens with one attached hydrogen (secondary N) is 1. The van der Waals surface area contributed by atoms with Crippen LogP contribution in [0.1, 0.15) is 31.4 Å². The highest BCUT2D eigenvalue weighted by atomic mass is 16.5. The van der Waals surface area contributed by atoms with Gasteiger partial charge in [-0.25, -0.2) is 0 Å². The molecule has 1 atom stereocenters. The van der Waals surface area contributed by atoms with Crippen LogP contribution in [-0.4, -0.2) is 19.3 Å². The normalized spacial score (nSPS) is 11.8. The summed E-state index contributed by atoms with van der Waals surface area (Å²) in [5.41, 5.74) is 3.51. The van der Waals surface area contributed by atoms with E-state index < -0.39 is 0 Å². The van der Waals surface area contributed by atoms with Gasteiger partial charge in [0.2, 0.25) is 0 Å². The summed E-state index contributed by atoms with van der Waals surface area (Å²) in [6, 6.07) is 14.3. The van der Waals surface area contributed by atoms with Crippen LogP contribution in [0, 0.1) is 13.8 Å². The fourth-order valence-corrected chi connectivity index (χ4v) is 2.28. The molecule has 0 bridgehead atoms. The molecule has 2 aromatic rings. The molecule has 0 aromatic heterocycles. The molecule has 3 nitrogen and oxygen atoms in total. The maximum atomic E-state index is 5.82. The van der Waals surface area contributed by atoms with E-state index in [1.165, 1.54) is 11.1 Å². The molecule has 23 heavy (non-hydrogen) atoms. The molecule has 0 radical (unpaired) electrons. The van der Waals surface area contributed by atoms with Crippen LogP contribution in [0.25, 0.3) is 0 Å². The zero-order valence-corrected chi connectivity index (χ0v) is 14.6. The van der Waals surface area contributed by atoms with Crippen LogP contribution in [0.4, 0.5) is 5.69 Å². The lowest BCUT2D eigenvalue weighted by atomic mass is 10.1. The average molecular weight is 313 g/mol. The van der Waals surface area contributed by atoms with Crippen molar-refractivity contribution in [1.82, 2.24) is 0 Å². The summed E-state index contributed by atoms with van der Waals surface area (Å²) in [5.74, 6) is 1.87. The molecule has 0 aliphatic rings. The molecular weight excluding hydrogens is 286 g/mol. The summed E-state index contributed by atoms with van der Waals surface area (Å²) >= 11 is 0. The molecule has 0 amide bonds. The number of benzene rings is 2. The van der Waals surface area contributed by atoms with Crippen molar-refractivity contribution in [2.45, 2.75) is 40.2 Å². The Hall–Kier alpha value is -2.16. The van der Waals surface area contributed by atoms with E-state index >= 15 is 0 Å². The van der Waals surface area contributed by atoms with Crippen molar-refractivity contribution in [3.8, 4) is 11.5 Å². The first-order valence-corrected chi connectivity index (χ1v) is 8.29. The van der Waals surface area contributed by atoms with Gasteiger partial charge in [0, 0.05) is 12.2 Å². The standard InChI is InChI=1S/C20H27NO2/c1-5-17(4)23-19-9-7-18(8-10-19)21-12-13-22-20-11-6-15(2)14-16(20)3/h6-11,14,17,21H,5,12-13H2,1-4H3. The Morgan fingerprint density at radius 3 is 2.43 bits per heavy atom. The van der Waals surface area contributed by atoms with Crippen molar-refractivity contribution in [3.63, 3.8) is 0 Å². The number of hydrogen-bond donors (Lipinski definition) is 1. The van der Waals surface area contributed by atoms with Crippen LogP contribution in [0.3, 0.4) is 0 Å². The highest BCUT2D eigenvalue weighted by molar-refractivity contribution is 5.46. The summed E-state index contributed by atoms with van der Waals surface area (Å²) < 4.78 is 11.6. The molecule has 0 spiro atoms. The van der Waals surface area contributed by atoms with Crippen LogP contribution in [0.15, 0.2) is 42.5 Å². The summed E-state index contributed by atoms with van der Waals surface area (Å²) in [5, 5.41) is 3.36. The lowest BCUT2D eigenvalue weighted by Crippen LogP contribution is -2.12. The van der Waals surface area contributed by atoms with E-state index in [0.29, 0.717) is 6.61 Å². The van der Waals surface area contributed by atoms with Crippen LogP contribution in [0.5, 0.6) is 11.5 Å². The van der Waals surface area contributed by atoms with Crippen LogP contribution in [-0.2, 0) is 0 Å². The number of ether oxygens (including phenoxy) is 2. The van der Waals surface area contributed by atoms with Gasteiger partial charge in [0.25, 0.3) is 0 Å². The minimum absolute atomic E-state index is 0.250. The predicted molar refractivity (Wildman–Crippen MR) is 96.7 cm³/mol. The van der Waals surface area contributed by atoms with Gasteiger partial charge in [-0.2, -0.15) is 0 Å². The molecule has 3 heteroatoms. The van der Waals surface area contributed by atoms with Gasteiger partial charge in [-0.1, -0.05) is 24.6 Å². The SMILES string of the molecule is CCC(C)Oc1ccc(NCCOc2ccc(C)cc2C)cc1. The lowest BCUT2D eigenvalue weighted by molar-refractivity contribution is 0.217. The van der Waals surface area contributed by atoms with E-state index in [1.807, 2.05) is 30.3 Å². The molecular formula is C20H27NO2. The molecule has 0 fully saturated rings. The van der Waals surface area contributed by atoms with Gasteiger partial charge in [0.05, 0.1) is 6.10 Å². The van der Waals surface area contributed by atoms with Gasteiger partial charge < -0.3 is 14.8 Å². The smallest absolute Gasteiger partial charge is 0.122 e. The third-order valence-electron chi connectivity index (χ3n) is 3.79. The Balaban J connectivity index is 1.75. The summed E-state index contributed by atoms with van der Waals surface area (Å²) in [7, 11) is 0. The first-order valence-electron chi connectivity index (χ1n) is 8.29. The van der Waals surface area contributed by atoms with E-state index in [1.54, 1.807) is 0 Å². The molecule has 2 aromatic carbocycles. The van der Waals surface area contributed by atoms with Gasteiger partial charge in [0.15, 0.2) is 0 Å². The van der Waals surface area contributed by atoms with Crippen molar-refractivity contribution < 1.29 is 9.47 Å². The Morgan fingerprint density at radius 2 is 1.78 bits per heavy atom. The van der Waals surface area contributed by atoms with Crippen molar-refractivity contribution in [2.75, 3.05) is 18.5 Å². The van der Waals surface area contributed by atoms with Crippen LogP contribution < -0.4 is 14.8 Å². The first kappa shape index (κ1) is 17.2. The highest BCUT2D eigenvalue weighted by Gasteiger charge is 2.02. The topological polar surface area (TPSA) is 30.5 Å². The van der Waals surface area contributed by atoms with Crippen molar-refractivity contribution in [3.05, 3.63) is 53.6 Å². The summed E-state index contributed by atoms with van der Waals surface area (Å²) in [6.45, 7) is 9.76. The van der Waals surface area contributed by atoms with E-state index in [-0.39, 0.29) is 6.10 Å². The van der Waals surface area contributed by atoms with E-state index in [4.69, 9.17) is 9.47 Å². The van der Waals surface area contributed by atoms with Crippen molar-refractivity contribution in [1.29, 1.82) is 0 Å². The van der Waals surface area contributed by atoms with Gasteiger partial charge in [-0.05, 0) is 63.1 Å². The van der Waals surface area contributed by atoms with Gasteiger partial charge in [0.1, 0.15) is 18.1 Å². The Bertz CT molecular complexity index is 608. The van der Waals surface area contributed by atoms with E-state index in [9.17, 15) is 0 Å². The molecule has 0 saturated carbocycles. The quantitative estimate of drug-likeness (QED) is 0.698. The molecule has 0 aliphatic heterocycles. The fourth-order valence-electron chi connectivity index (χ4n) is 2.28. The minimum atomic E-state index is 0.250. The number of anilines is 1. The maximum absolute atomic E-state index is 5.82. The van der Waals surface area contributed by atoms with Crippen molar-refractivity contribution >= 4 is 5.69 Å². The third-order valence-corrected chi connectivity index (χ3v) is 3.79. The fraction of sp³-hybridized carbons (Fsp3) is 0.400. The molecule has 2 rings (SSSR count). The number of aryl methyl sites for hydroxylation is 2. The number of rotatable bonds is 8. The summed E-state index contributed by atoms with van der Waals surface area (Å²) in [4.78, 5) is 0. The van der Waals surface area contributed by atoms with Crippen LogP contribution >= 0.6 is 0 Å². The second kappa shape index (κ2) is 8.47. The lowest BCUT2D eigenvalue weighted by Gasteiger charge is -2.14. The molecule has 0 heterocycles. The zero-order chi connectivity index (χ0) is 16.7. The van der Waals surface area contributed by atoms with Gasteiger partial charge >= 0.3 is 0 Å². The largest absolute Gasteiger partial charge is 0.491 e. The van der Waals surface area contributed by atoms with Crippen molar-refractivity contribution in [2.24, 2.45) is 0 Å².